The molecule has 1 aliphatic rings. The lowest BCUT2D eigenvalue weighted by atomic mass is 10.1. The molecule has 2 aromatic rings. The Morgan fingerprint density at radius 1 is 1.55 bits per heavy atom. The van der Waals surface area contributed by atoms with Crippen LogP contribution >= 0.6 is 11.3 Å². The van der Waals surface area contributed by atoms with Gasteiger partial charge in [0.1, 0.15) is 6.04 Å². The van der Waals surface area contributed by atoms with E-state index >= 15 is 0 Å². The molecule has 0 aromatic carbocycles. The predicted octanol–water partition coefficient (Wildman–Crippen LogP) is 2.74. The summed E-state index contributed by atoms with van der Waals surface area (Å²) in [5.41, 5.74) is 1.11. The number of rotatable bonds is 4. The number of anilines is 1. The van der Waals surface area contributed by atoms with E-state index in [-0.39, 0.29) is 11.9 Å². The molecule has 118 valence electrons. The molecule has 1 saturated heterocycles. The molecule has 0 spiro atoms. The van der Waals surface area contributed by atoms with Crippen LogP contribution in [0.5, 0.6) is 0 Å². The van der Waals surface area contributed by atoms with Gasteiger partial charge in [-0.25, -0.2) is 0 Å². The Hall–Kier alpha value is -1.89. The summed E-state index contributed by atoms with van der Waals surface area (Å²) in [7, 11) is 3.73. The molecule has 1 atom stereocenters. The van der Waals surface area contributed by atoms with Crippen molar-refractivity contribution in [2.45, 2.75) is 32.2 Å². The molecule has 0 radical (unpaired) electrons. The average molecular weight is 320 g/mol. The fourth-order valence-electron chi connectivity index (χ4n) is 2.74. The summed E-state index contributed by atoms with van der Waals surface area (Å²) < 4.78 is 5.37. The first-order chi connectivity index (χ1) is 10.6. The minimum absolute atomic E-state index is 0.0824. The Morgan fingerprint density at radius 2 is 2.36 bits per heavy atom. The van der Waals surface area contributed by atoms with Gasteiger partial charge in [-0.3, -0.25) is 4.79 Å². The number of aryl methyl sites for hydroxylation is 1. The summed E-state index contributed by atoms with van der Waals surface area (Å²) in [4.78, 5) is 21.8. The van der Waals surface area contributed by atoms with Crippen molar-refractivity contribution in [1.29, 1.82) is 0 Å². The lowest BCUT2D eigenvalue weighted by Crippen LogP contribution is -2.30. The van der Waals surface area contributed by atoms with Crippen LogP contribution in [-0.4, -0.2) is 41.6 Å². The van der Waals surface area contributed by atoms with Crippen molar-refractivity contribution < 1.29 is 9.32 Å². The van der Waals surface area contributed by atoms with Crippen LogP contribution in [-0.2, 0) is 6.42 Å². The van der Waals surface area contributed by atoms with Crippen LogP contribution in [0.15, 0.2) is 16.0 Å². The topological polar surface area (TPSA) is 62.5 Å². The van der Waals surface area contributed by atoms with E-state index in [2.05, 4.69) is 17.1 Å². The van der Waals surface area contributed by atoms with E-state index in [9.17, 15) is 4.79 Å². The first kappa shape index (κ1) is 15.0. The fourth-order valence-corrected chi connectivity index (χ4v) is 3.69. The third-order valence-corrected chi connectivity index (χ3v) is 4.90. The Bertz CT molecular complexity index is 664. The molecule has 1 aliphatic heterocycles. The smallest absolute Gasteiger partial charge is 0.265 e. The molecule has 0 N–H and O–H groups in total. The number of carbonyl (C=O) groups is 1. The summed E-state index contributed by atoms with van der Waals surface area (Å²) in [5.74, 6) is 1.16. The van der Waals surface area contributed by atoms with E-state index in [1.165, 1.54) is 11.3 Å². The van der Waals surface area contributed by atoms with Crippen molar-refractivity contribution >= 4 is 23.2 Å². The molecular weight excluding hydrogens is 300 g/mol. The lowest BCUT2D eigenvalue weighted by molar-refractivity contribution is 0.0714. The number of hydrogen-bond donors (Lipinski definition) is 0. The second-order valence-electron chi connectivity index (χ2n) is 5.61. The van der Waals surface area contributed by atoms with E-state index < -0.39 is 0 Å². The number of thiophene rings is 1. The standard InChI is InChI=1S/C15H20N4O2S/c1-4-10-7-9-22-12(10)14(20)19-8-5-6-11(19)13-16-15(17-21-13)18(2)3/h7,9,11H,4-6,8H2,1-3H3. The maximum Gasteiger partial charge on any atom is 0.265 e. The van der Waals surface area contributed by atoms with Gasteiger partial charge < -0.3 is 14.3 Å². The Labute approximate surface area is 133 Å². The molecule has 0 saturated carbocycles. The monoisotopic (exact) mass is 320 g/mol. The second kappa shape index (κ2) is 6.08. The number of amides is 1. The van der Waals surface area contributed by atoms with Gasteiger partial charge in [-0.1, -0.05) is 6.92 Å². The summed E-state index contributed by atoms with van der Waals surface area (Å²) >= 11 is 1.51. The van der Waals surface area contributed by atoms with Crippen molar-refractivity contribution in [3.8, 4) is 0 Å². The van der Waals surface area contributed by atoms with Crippen molar-refractivity contribution in [1.82, 2.24) is 15.0 Å². The van der Waals surface area contributed by atoms with Gasteiger partial charge in [-0.05, 0) is 41.4 Å². The molecule has 3 heterocycles. The highest BCUT2D eigenvalue weighted by atomic mass is 32.1. The average Bonchev–Trinajstić information content (AvgIpc) is 3.23. The quantitative estimate of drug-likeness (QED) is 0.867. The van der Waals surface area contributed by atoms with E-state index in [1.807, 2.05) is 30.4 Å². The zero-order valence-electron chi connectivity index (χ0n) is 13.1. The Morgan fingerprint density at radius 3 is 3.05 bits per heavy atom. The van der Waals surface area contributed by atoms with Gasteiger partial charge in [0, 0.05) is 20.6 Å². The Balaban J connectivity index is 1.85. The van der Waals surface area contributed by atoms with E-state index in [4.69, 9.17) is 4.52 Å². The molecule has 1 amide bonds. The zero-order valence-corrected chi connectivity index (χ0v) is 13.9. The van der Waals surface area contributed by atoms with Crippen LogP contribution in [0.3, 0.4) is 0 Å². The molecule has 22 heavy (non-hydrogen) atoms. The minimum Gasteiger partial charge on any atom is -0.344 e. The fraction of sp³-hybridized carbons (Fsp3) is 0.533. The van der Waals surface area contributed by atoms with E-state index in [0.717, 1.165) is 36.2 Å². The second-order valence-corrected chi connectivity index (χ2v) is 6.53. The van der Waals surface area contributed by atoms with Crippen LogP contribution in [0.2, 0.25) is 0 Å². The van der Waals surface area contributed by atoms with Gasteiger partial charge in [-0.15, -0.1) is 11.3 Å². The van der Waals surface area contributed by atoms with E-state index in [0.29, 0.717) is 11.8 Å². The molecule has 7 heteroatoms. The first-order valence-electron chi connectivity index (χ1n) is 7.50. The highest BCUT2D eigenvalue weighted by Gasteiger charge is 2.35. The third-order valence-electron chi connectivity index (χ3n) is 3.95. The van der Waals surface area contributed by atoms with E-state index in [1.54, 1.807) is 4.90 Å². The van der Waals surface area contributed by atoms with Crippen molar-refractivity contribution in [3.63, 3.8) is 0 Å². The first-order valence-corrected chi connectivity index (χ1v) is 8.38. The lowest BCUT2D eigenvalue weighted by Gasteiger charge is -2.21. The summed E-state index contributed by atoms with van der Waals surface area (Å²) in [6.07, 6.45) is 2.70. The van der Waals surface area contributed by atoms with Crippen molar-refractivity contribution in [3.05, 3.63) is 27.8 Å². The van der Waals surface area contributed by atoms with Crippen molar-refractivity contribution in [2.75, 3.05) is 25.5 Å². The minimum atomic E-state index is -0.111. The highest BCUT2D eigenvalue weighted by Crippen LogP contribution is 2.34. The Kier molecular flexibility index (Phi) is 4.15. The van der Waals surface area contributed by atoms with Crippen molar-refractivity contribution in [2.24, 2.45) is 0 Å². The summed E-state index contributed by atoms with van der Waals surface area (Å²) in [5, 5.41) is 5.94. The highest BCUT2D eigenvalue weighted by molar-refractivity contribution is 7.12. The summed E-state index contributed by atoms with van der Waals surface area (Å²) in [6, 6.07) is 1.92. The number of aromatic nitrogens is 2. The molecule has 1 fully saturated rings. The SMILES string of the molecule is CCc1ccsc1C(=O)N1CCCC1c1nc(N(C)C)no1. The van der Waals surface area contributed by atoms with Crippen LogP contribution in [0.25, 0.3) is 0 Å². The van der Waals surface area contributed by atoms with Gasteiger partial charge >= 0.3 is 0 Å². The largest absolute Gasteiger partial charge is 0.344 e. The van der Waals surface area contributed by atoms with Gasteiger partial charge in [0.15, 0.2) is 0 Å². The van der Waals surface area contributed by atoms with Crippen LogP contribution in [0, 0.1) is 0 Å². The maximum absolute atomic E-state index is 12.8. The van der Waals surface area contributed by atoms with Gasteiger partial charge in [0.2, 0.25) is 0 Å². The molecule has 0 aliphatic carbocycles. The normalized spacial score (nSPS) is 18.0. The molecule has 6 nitrogen and oxygen atoms in total. The molecular formula is C15H20N4O2S. The maximum atomic E-state index is 12.8. The zero-order chi connectivity index (χ0) is 15.7. The third kappa shape index (κ3) is 2.61. The molecule has 1 unspecified atom stereocenters. The number of carbonyl (C=O) groups excluding carboxylic acids is 1. The van der Waals surface area contributed by atoms with Crippen LogP contribution in [0.4, 0.5) is 5.95 Å². The molecule has 3 rings (SSSR count). The van der Waals surface area contributed by atoms with Gasteiger partial charge in [0.05, 0.1) is 4.88 Å². The molecule has 0 bridgehead atoms. The van der Waals surface area contributed by atoms with Crippen LogP contribution < -0.4 is 4.90 Å². The summed E-state index contributed by atoms with van der Waals surface area (Å²) in [6.45, 7) is 2.81. The number of nitrogens with zero attached hydrogens (tertiary/aromatic N) is 4. The van der Waals surface area contributed by atoms with Gasteiger partial charge in [0.25, 0.3) is 17.7 Å². The predicted molar refractivity (Wildman–Crippen MR) is 85.3 cm³/mol. The van der Waals surface area contributed by atoms with Gasteiger partial charge in [-0.2, -0.15) is 4.98 Å². The number of hydrogen-bond acceptors (Lipinski definition) is 6. The number of likely N-dealkylation sites (tertiary alicyclic amines) is 1. The van der Waals surface area contributed by atoms with Crippen LogP contribution in [0.1, 0.15) is 46.9 Å². The molecule has 2 aromatic heterocycles.